The first-order chi connectivity index (χ1) is 9.22. The molecule has 0 aliphatic heterocycles. The van der Waals surface area contributed by atoms with Gasteiger partial charge in [0.15, 0.2) is 0 Å². The number of carboxylic acids is 1. The summed E-state index contributed by atoms with van der Waals surface area (Å²) in [7, 11) is 1.63. The lowest BCUT2D eigenvalue weighted by molar-refractivity contribution is -0.131. The standard InChI is InChI=1S/C13H18O5S/c1-16-6-7-17-8-9-18-10-12-3-2-11(19-12)4-5-13(14)15/h2-5H,6-10H2,1H3,(H,14,15)/b5-4+. The van der Waals surface area contributed by atoms with Crippen LogP contribution in [0, 0.1) is 0 Å². The van der Waals surface area contributed by atoms with E-state index in [1.807, 2.05) is 12.1 Å². The Morgan fingerprint density at radius 2 is 2.00 bits per heavy atom. The Morgan fingerprint density at radius 1 is 1.26 bits per heavy atom. The molecule has 1 aromatic heterocycles. The molecular weight excluding hydrogens is 268 g/mol. The molecule has 0 unspecified atom stereocenters. The predicted octanol–water partition coefficient (Wildman–Crippen LogP) is 2.03. The molecule has 0 saturated carbocycles. The highest BCUT2D eigenvalue weighted by Crippen LogP contribution is 2.18. The van der Waals surface area contributed by atoms with Gasteiger partial charge in [0.05, 0.1) is 33.0 Å². The van der Waals surface area contributed by atoms with Crippen LogP contribution in [0.25, 0.3) is 6.08 Å². The molecule has 0 amide bonds. The van der Waals surface area contributed by atoms with E-state index >= 15 is 0 Å². The van der Waals surface area contributed by atoms with Crippen molar-refractivity contribution in [3.8, 4) is 0 Å². The summed E-state index contributed by atoms with van der Waals surface area (Å²) in [5.41, 5.74) is 0. The number of thiophene rings is 1. The Balaban J connectivity index is 2.14. The van der Waals surface area contributed by atoms with Crippen molar-refractivity contribution in [1.82, 2.24) is 0 Å². The Labute approximate surface area is 116 Å². The van der Waals surface area contributed by atoms with Gasteiger partial charge in [-0.3, -0.25) is 0 Å². The summed E-state index contributed by atoms with van der Waals surface area (Å²) < 4.78 is 15.5. The second-order valence-electron chi connectivity index (χ2n) is 3.63. The second kappa shape index (κ2) is 9.69. The fourth-order valence-corrected chi connectivity index (χ4v) is 2.10. The quantitative estimate of drug-likeness (QED) is 0.526. The molecule has 5 nitrogen and oxygen atoms in total. The number of rotatable bonds is 10. The molecule has 0 saturated heterocycles. The van der Waals surface area contributed by atoms with E-state index in [1.54, 1.807) is 13.2 Å². The van der Waals surface area contributed by atoms with E-state index in [-0.39, 0.29) is 0 Å². The van der Waals surface area contributed by atoms with Gasteiger partial charge >= 0.3 is 5.97 Å². The average Bonchev–Trinajstić information content (AvgIpc) is 2.83. The van der Waals surface area contributed by atoms with Crippen molar-refractivity contribution in [3.05, 3.63) is 28.0 Å². The lowest BCUT2D eigenvalue weighted by Gasteiger charge is -2.04. The van der Waals surface area contributed by atoms with Gasteiger partial charge in [-0.15, -0.1) is 11.3 Å². The molecule has 1 rings (SSSR count). The Kier molecular flexibility index (Phi) is 8.08. The van der Waals surface area contributed by atoms with Gasteiger partial charge < -0.3 is 19.3 Å². The zero-order valence-corrected chi connectivity index (χ0v) is 11.6. The fraction of sp³-hybridized carbons (Fsp3) is 0.462. The van der Waals surface area contributed by atoms with Crippen LogP contribution >= 0.6 is 11.3 Å². The molecule has 0 bridgehead atoms. The molecule has 0 aliphatic rings. The van der Waals surface area contributed by atoms with Gasteiger partial charge in [0.1, 0.15) is 0 Å². The molecule has 6 heteroatoms. The Morgan fingerprint density at radius 3 is 2.74 bits per heavy atom. The van der Waals surface area contributed by atoms with Crippen molar-refractivity contribution >= 4 is 23.4 Å². The van der Waals surface area contributed by atoms with Crippen LogP contribution in [0.4, 0.5) is 0 Å². The molecule has 0 atom stereocenters. The van der Waals surface area contributed by atoms with Crippen molar-refractivity contribution in [2.45, 2.75) is 6.61 Å². The number of ether oxygens (including phenoxy) is 3. The molecule has 0 radical (unpaired) electrons. The van der Waals surface area contributed by atoms with E-state index in [9.17, 15) is 4.79 Å². The molecular formula is C13H18O5S. The number of methoxy groups -OCH3 is 1. The first-order valence-corrected chi connectivity index (χ1v) is 6.68. The largest absolute Gasteiger partial charge is 0.478 e. The minimum Gasteiger partial charge on any atom is -0.478 e. The van der Waals surface area contributed by atoms with Crippen LogP contribution in [0.15, 0.2) is 18.2 Å². The second-order valence-corrected chi connectivity index (χ2v) is 4.83. The van der Waals surface area contributed by atoms with E-state index < -0.39 is 5.97 Å². The number of hydrogen-bond donors (Lipinski definition) is 1. The van der Waals surface area contributed by atoms with Gasteiger partial charge in [0.25, 0.3) is 0 Å². The van der Waals surface area contributed by atoms with Crippen molar-refractivity contribution in [3.63, 3.8) is 0 Å². The smallest absolute Gasteiger partial charge is 0.328 e. The summed E-state index contributed by atoms with van der Waals surface area (Å²) in [5.74, 6) is -0.945. The van der Waals surface area contributed by atoms with E-state index in [1.165, 1.54) is 11.3 Å². The predicted molar refractivity (Wildman–Crippen MR) is 73.3 cm³/mol. The van der Waals surface area contributed by atoms with Gasteiger partial charge in [0, 0.05) is 22.9 Å². The molecule has 0 fully saturated rings. The maximum Gasteiger partial charge on any atom is 0.328 e. The summed E-state index contributed by atoms with van der Waals surface area (Å²) in [6.45, 7) is 2.74. The van der Waals surface area contributed by atoms with Gasteiger partial charge in [-0.2, -0.15) is 0 Å². The number of aliphatic carboxylic acids is 1. The summed E-state index contributed by atoms with van der Waals surface area (Å²) in [6, 6.07) is 3.80. The molecule has 0 spiro atoms. The summed E-state index contributed by atoms with van der Waals surface area (Å²) in [6.07, 6.45) is 2.70. The van der Waals surface area contributed by atoms with E-state index in [4.69, 9.17) is 19.3 Å². The van der Waals surface area contributed by atoms with Crippen LogP contribution in [0.1, 0.15) is 9.75 Å². The van der Waals surface area contributed by atoms with Gasteiger partial charge in [-0.25, -0.2) is 4.79 Å². The minimum atomic E-state index is -0.945. The van der Waals surface area contributed by atoms with Crippen molar-refractivity contribution in [1.29, 1.82) is 0 Å². The first-order valence-electron chi connectivity index (χ1n) is 5.86. The fourth-order valence-electron chi connectivity index (χ4n) is 1.25. The topological polar surface area (TPSA) is 65.0 Å². The zero-order chi connectivity index (χ0) is 13.9. The normalized spacial score (nSPS) is 11.2. The molecule has 106 valence electrons. The minimum absolute atomic E-state index is 0.513. The van der Waals surface area contributed by atoms with Crippen LogP contribution in [-0.2, 0) is 25.6 Å². The van der Waals surface area contributed by atoms with E-state index in [0.717, 1.165) is 15.8 Å². The van der Waals surface area contributed by atoms with E-state index in [2.05, 4.69) is 0 Å². The monoisotopic (exact) mass is 286 g/mol. The molecule has 0 aromatic carbocycles. The molecule has 1 heterocycles. The van der Waals surface area contributed by atoms with Crippen LogP contribution in [0.3, 0.4) is 0 Å². The maximum atomic E-state index is 10.4. The van der Waals surface area contributed by atoms with Gasteiger partial charge in [-0.05, 0) is 18.2 Å². The third-order valence-corrected chi connectivity index (χ3v) is 3.14. The van der Waals surface area contributed by atoms with Crippen LogP contribution in [0.5, 0.6) is 0 Å². The van der Waals surface area contributed by atoms with E-state index in [0.29, 0.717) is 33.0 Å². The molecule has 19 heavy (non-hydrogen) atoms. The summed E-state index contributed by atoms with van der Waals surface area (Å²) >= 11 is 1.51. The summed E-state index contributed by atoms with van der Waals surface area (Å²) in [4.78, 5) is 12.3. The Hall–Kier alpha value is -1.21. The SMILES string of the molecule is COCCOCCOCc1ccc(/C=C/C(=O)O)s1. The third-order valence-electron chi connectivity index (χ3n) is 2.12. The van der Waals surface area contributed by atoms with Crippen molar-refractivity contribution < 1.29 is 24.1 Å². The highest BCUT2D eigenvalue weighted by molar-refractivity contribution is 7.12. The molecule has 1 N–H and O–H groups in total. The maximum absolute atomic E-state index is 10.4. The number of carbonyl (C=O) groups is 1. The van der Waals surface area contributed by atoms with Crippen molar-refractivity contribution in [2.24, 2.45) is 0 Å². The summed E-state index contributed by atoms with van der Waals surface area (Å²) in [5, 5.41) is 8.51. The zero-order valence-electron chi connectivity index (χ0n) is 10.8. The molecule has 1 aromatic rings. The highest BCUT2D eigenvalue weighted by atomic mass is 32.1. The number of carboxylic acid groups (broad SMARTS) is 1. The average molecular weight is 286 g/mol. The number of hydrogen-bond acceptors (Lipinski definition) is 5. The van der Waals surface area contributed by atoms with Crippen molar-refractivity contribution in [2.75, 3.05) is 33.5 Å². The lowest BCUT2D eigenvalue weighted by atomic mass is 10.4. The molecule has 0 aliphatic carbocycles. The van der Waals surface area contributed by atoms with Crippen LogP contribution < -0.4 is 0 Å². The first kappa shape index (κ1) is 15.8. The van der Waals surface area contributed by atoms with Gasteiger partial charge in [0.2, 0.25) is 0 Å². The van der Waals surface area contributed by atoms with Crippen LogP contribution in [0.2, 0.25) is 0 Å². The highest BCUT2D eigenvalue weighted by Gasteiger charge is 1.99. The Bertz CT molecular complexity index is 399. The van der Waals surface area contributed by atoms with Crippen LogP contribution in [-0.4, -0.2) is 44.6 Å². The third kappa shape index (κ3) is 7.74. The lowest BCUT2D eigenvalue weighted by Crippen LogP contribution is -2.07. The van der Waals surface area contributed by atoms with Gasteiger partial charge in [-0.1, -0.05) is 0 Å².